The van der Waals surface area contributed by atoms with Gasteiger partial charge in [-0.3, -0.25) is 14.4 Å². The van der Waals surface area contributed by atoms with E-state index in [0.717, 1.165) is 37.7 Å². The molecule has 122 valence electrons. The maximum atomic E-state index is 12.2. The highest BCUT2D eigenvalue weighted by Crippen LogP contribution is 2.14. The predicted molar refractivity (Wildman–Crippen MR) is 87.9 cm³/mol. The summed E-state index contributed by atoms with van der Waals surface area (Å²) in [4.78, 5) is 20.4. The zero-order valence-corrected chi connectivity index (χ0v) is 13.7. The van der Waals surface area contributed by atoms with Crippen LogP contribution < -0.4 is 0 Å². The van der Waals surface area contributed by atoms with Crippen LogP contribution in [0, 0.1) is 0 Å². The predicted octanol–water partition coefficient (Wildman–Crippen LogP) is 1.67. The molecule has 1 amide bonds. The minimum absolute atomic E-state index is 0.183. The van der Waals surface area contributed by atoms with Crippen molar-refractivity contribution in [1.29, 1.82) is 0 Å². The Bertz CT molecular complexity index is 638. The first-order valence-electron chi connectivity index (χ1n) is 7.78. The number of aromatic nitrogens is 3. The Morgan fingerprint density at radius 3 is 2.74 bits per heavy atom. The lowest BCUT2D eigenvalue weighted by Gasteiger charge is -2.34. The molecule has 0 spiro atoms. The Hall–Kier alpha value is -1.92. The van der Waals surface area contributed by atoms with Gasteiger partial charge in [-0.25, -0.2) is 4.98 Å². The van der Waals surface area contributed by atoms with Gasteiger partial charge in [0.15, 0.2) is 0 Å². The molecule has 0 saturated carbocycles. The normalized spacial score (nSPS) is 15.8. The molecule has 0 N–H and O–H groups in total. The molecular weight excluding hydrogens is 314 g/mol. The van der Waals surface area contributed by atoms with Crippen molar-refractivity contribution in [3.05, 3.63) is 47.5 Å². The molecule has 7 heteroatoms. The van der Waals surface area contributed by atoms with Gasteiger partial charge in [0.2, 0.25) is 5.91 Å². The monoisotopic (exact) mass is 333 g/mol. The van der Waals surface area contributed by atoms with Gasteiger partial charge in [0, 0.05) is 44.2 Å². The first kappa shape index (κ1) is 16.0. The van der Waals surface area contributed by atoms with E-state index in [0.29, 0.717) is 13.0 Å². The summed E-state index contributed by atoms with van der Waals surface area (Å²) in [7, 11) is 0. The second-order valence-electron chi connectivity index (χ2n) is 5.70. The average Bonchev–Trinajstić information content (AvgIpc) is 3.07. The molecule has 23 heavy (non-hydrogen) atoms. The van der Waals surface area contributed by atoms with Gasteiger partial charge in [0.05, 0.1) is 6.54 Å². The molecule has 1 saturated heterocycles. The molecule has 6 nitrogen and oxygen atoms in total. The quantitative estimate of drug-likeness (QED) is 0.835. The Kier molecular flexibility index (Phi) is 5.25. The van der Waals surface area contributed by atoms with Crippen molar-refractivity contribution in [2.45, 2.75) is 19.5 Å². The van der Waals surface area contributed by atoms with E-state index >= 15 is 0 Å². The average molecular weight is 334 g/mol. The summed E-state index contributed by atoms with van der Waals surface area (Å²) in [6, 6.07) is 7.94. The minimum Gasteiger partial charge on any atom is -0.340 e. The maximum Gasteiger partial charge on any atom is 0.224 e. The maximum absolute atomic E-state index is 12.2. The van der Waals surface area contributed by atoms with Crippen LogP contribution in [0.4, 0.5) is 0 Å². The van der Waals surface area contributed by atoms with Crippen LogP contribution in [-0.4, -0.2) is 56.7 Å². The van der Waals surface area contributed by atoms with Crippen LogP contribution in [0.2, 0.25) is 5.02 Å². The van der Waals surface area contributed by atoms with Crippen molar-refractivity contribution in [2.75, 3.05) is 26.2 Å². The highest BCUT2D eigenvalue weighted by molar-refractivity contribution is 6.30. The molecule has 0 atom stereocenters. The van der Waals surface area contributed by atoms with Gasteiger partial charge >= 0.3 is 0 Å². The summed E-state index contributed by atoms with van der Waals surface area (Å²) < 4.78 is 1.69. The molecular formula is C16H20ClN5O. The van der Waals surface area contributed by atoms with Crippen LogP contribution in [0.15, 0.2) is 36.9 Å². The smallest absolute Gasteiger partial charge is 0.224 e. The number of rotatable bonds is 5. The highest BCUT2D eigenvalue weighted by Gasteiger charge is 2.20. The van der Waals surface area contributed by atoms with Crippen LogP contribution in [0.1, 0.15) is 12.0 Å². The van der Waals surface area contributed by atoms with E-state index in [1.807, 2.05) is 23.1 Å². The summed E-state index contributed by atoms with van der Waals surface area (Å²) in [5.74, 6) is 0.183. The molecule has 2 aromatic rings. The molecule has 1 aliphatic heterocycles. The fourth-order valence-electron chi connectivity index (χ4n) is 2.77. The number of amides is 1. The first-order chi connectivity index (χ1) is 11.2. The number of aryl methyl sites for hydroxylation is 1. The van der Waals surface area contributed by atoms with Crippen molar-refractivity contribution in [2.24, 2.45) is 0 Å². The molecule has 1 aliphatic rings. The zero-order valence-electron chi connectivity index (χ0n) is 12.9. The van der Waals surface area contributed by atoms with E-state index in [1.165, 1.54) is 11.9 Å². The second kappa shape index (κ2) is 7.57. The zero-order chi connectivity index (χ0) is 16.1. The Balaban J connectivity index is 1.43. The van der Waals surface area contributed by atoms with Gasteiger partial charge in [-0.05, 0) is 17.7 Å². The number of hydrogen-bond donors (Lipinski definition) is 0. The topological polar surface area (TPSA) is 54.3 Å². The summed E-state index contributed by atoms with van der Waals surface area (Å²) >= 11 is 6.02. The summed E-state index contributed by atoms with van der Waals surface area (Å²) in [6.07, 6.45) is 3.59. The van der Waals surface area contributed by atoms with E-state index in [1.54, 1.807) is 11.0 Å². The van der Waals surface area contributed by atoms with Gasteiger partial charge in [0.25, 0.3) is 0 Å². The van der Waals surface area contributed by atoms with Crippen LogP contribution >= 0.6 is 11.6 Å². The highest BCUT2D eigenvalue weighted by atomic mass is 35.5. The molecule has 1 fully saturated rings. The number of nitrogens with zero attached hydrogens (tertiary/aromatic N) is 5. The number of halogens is 1. The lowest BCUT2D eigenvalue weighted by molar-refractivity contribution is -0.133. The third-order valence-corrected chi connectivity index (χ3v) is 4.28. The second-order valence-corrected chi connectivity index (χ2v) is 6.13. The summed E-state index contributed by atoms with van der Waals surface area (Å²) in [5.41, 5.74) is 1.21. The lowest BCUT2D eigenvalue weighted by Crippen LogP contribution is -2.48. The fourth-order valence-corrected chi connectivity index (χ4v) is 2.98. The number of carbonyl (C=O) groups is 1. The van der Waals surface area contributed by atoms with Crippen LogP contribution in [0.3, 0.4) is 0 Å². The molecule has 0 unspecified atom stereocenters. The van der Waals surface area contributed by atoms with Gasteiger partial charge in [-0.15, -0.1) is 0 Å². The standard InChI is InChI=1S/C16H20ClN5O/c17-15-3-1-2-14(10-15)11-20-6-8-21(9-7-20)16(23)4-5-22-13-18-12-19-22/h1-3,10,12-13H,4-9,11H2. The summed E-state index contributed by atoms with van der Waals surface area (Å²) in [5, 5.41) is 4.78. The van der Waals surface area contributed by atoms with E-state index in [2.05, 4.69) is 21.0 Å². The summed E-state index contributed by atoms with van der Waals surface area (Å²) in [6.45, 7) is 4.79. The van der Waals surface area contributed by atoms with Crippen molar-refractivity contribution < 1.29 is 4.79 Å². The molecule has 0 radical (unpaired) electrons. The van der Waals surface area contributed by atoms with Crippen molar-refractivity contribution in [3.8, 4) is 0 Å². The van der Waals surface area contributed by atoms with E-state index < -0.39 is 0 Å². The van der Waals surface area contributed by atoms with Crippen molar-refractivity contribution >= 4 is 17.5 Å². The van der Waals surface area contributed by atoms with Crippen molar-refractivity contribution in [1.82, 2.24) is 24.6 Å². The largest absolute Gasteiger partial charge is 0.340 e. The molecule has 2 heterocycles. The SMILES string of the molecule is O=C(CCn1cncn1)N1CCN(Cc2cccc(Cl)c2)CC1. The van der Waals surface area contributed by atoms with E-state index in [9.17, 15) is 4.79 Å². The van der Waals surface area contributed by atoms with Gasteiger partial charge in [0.1, 0.15) is 12.7 Å². The first-order valence-corrected chi connectivity index (χ1v) is 8.15. The minimum atomic E-state index is 0.183. The number of benzene rings is 1. The van der Waals surface area contributed by atoms with Gasteiger partial charge in [-0.1, -0.05) is 23.7 Å². The molecule has 1 aromatic carbocycles. The van der Waals surface area contributed by atoms with Crippen LogP contribution in [0.25, 0.3) is 0 Å². The Labute approximate surface area is 140 Å². The van der Waals surface area contributed by atoms with Gasteiger partial charge < -0.3 is 4.90 Å². The Morgan fingerprint density at radius 2 is 2.04 bits per heavy atom. The number of hydrogen-bond acceptors (Lipinski definition) is 4. The fraction of sp³-hybridized carbons (Fsp3) is 0.438. The van der Waals surface area contributed by atoms with Gasteiger partial charge in [-0.2, -0.15) is 5.10 Å². The Morgan fingerprint density at radius 1 is 1.22 bits per heavy atom. The third-order valence-electron chi connectivity index (χ3n) is 4.04. The molecule has 0 bridgehead atoms. The lowest BCUT2D eigenvalue weighted by atomic mass is 10.2. The molecule has 1 aromatic heterocycles. The number of piperazine rings is 1. The van der Waals surface area contributed by atoms with E-state index in [4.69, 9.17) is 11.6 Å². The number of carbonyl (C=O) groups excluding carboxylic acids is 1. The van der Waals surface area contributed by atoms with Crippen LogP contribution in [-0.2, 0) is 17.9 Å². The van der Waals surface area contributed by atoms with Crippen molar-refractivity contribution in [3.63, 3.8) is 0 Å². The third kappa shape index (κ3) is 4.53. The molecule has 3 rings (SSSR count). The van der Waals surface area contributed by atoms with E-state index in [-0.39, 0.29) is 5.91 Å². The van der Waals surface area contributed by atoms with Crippen LogP contribution in [0.5, 0.6) is 0 Å². The molecule has 0 aliphatic carbocycles.